The highest BCUT2D eigenvalue weighted by Crippen LogP contribution is 2.28. The number of carbonyl (C=O) groups excluding carboxylic acids is 1. The summed E-state index contributed by atoms with van der Waals surface area (Å²) in [4.78, 5) is 16.7. The van der Waals surface area contributed by atoms with Crippen LogP contribution in [-0.2, 0) is 0 Å². The van der Waals surface area contributed by atoms with Gasteiger partial charge < -0.3 is 5.73 Å². The van der Waals surface area contributed by atoms with Crippen molar-refractivity contribution < 1.29 is 4.79 Å². The van der Waals surface area contributed by atoms with Gasteiger partial charge in [0, 0.05) is 5.69 Å². The molecule has 6 heteroatoms. The van der Waals surface area contributed by atoms with Gasteiger partial charge in [0.05, 0.1) is 20.3 Å². The number of halogens is 1. The molecule has 1 heterocycles. The first-order valence-electron chi connectivity index (χ1n) is 6.27. The summed E-state index contributed by atoms with van der Waals surface area (Å²) in [6.07, 6.45) is 0. The normalized spacial score (nSPS) is 10.8. The van der Waals surface area contributed by atoms with Crippen molar-refractivity contribution in [2.45, 2.75) is 6.92 Å². The molecule has 3 rings (SSSR count). The second-order valence-electron chi connectivity index (χ2n) is 4.65. The lowest BCUT2D eigenvalue weighted by Gasteiger charge is -2.05. The Morgan fingerprint density at radius 2 is 2.14 bits per heavy atom. The van der Waals surface area contributed by atoms with Gasteiger partial charge in [-0.25, -0.2) is 4.98 Å². The van der Waals surface area contributed by atoms with Gasteiger partial charge in [-0.2, -0.15) is 0 Å². The summed E-state index contributed by atoms with van der Waals surface area (Å²) in [6, 6.07) is 11.2. The van der Waals surface area contributed by atoms with Gasteiger partial charge in [-0.15, -0.1) is 0 Å². The zero-order valence-corrected chi connectivity index (χ0v) is 13.6. The van der Waals surface area contributed by atoms with E-state index in [1.165, 1.54) is 16.9 Å². The molecule has 4 nitrogen and oxygen atoms in total. The monoisotopic (exact) mass is 361 g/mol. The van der Waals surface area contributed by atoms with Crippen LogP contribution >= 0.6 is 27.3 Å². The molecule has 0 saturated carbocycles. The first kappa shape index (κ1) is 14.0. The lowest BCUT2D eigenvalue weighted by molar-refractivity contribution is 0.102. The van der Waals surface area contributed by atoms with Crippen LogP contribution in [0.3, 0.4) is 0 Å². The van der Waals surface area contributed by atoms with Crippen molar-refractivity contribution in [1.82, 2.24) is 4.98 Å². The van der Waals surface area contributed by atoms with Crippen LogP contribution in [0.4, 0.5) is 10.8 Å². The van der Waals surface area contributed by atoms with Crippen molar-refractivity contribution in [2.24, 2.45) is 0 Å². The first-order chi connectivity index (χ1) is 10.0. The Hall–Kier alpha value is -1.92. The van der Waals surface area contributed by atoms with Crippen molar-refractivity contribution >= 4 is 54.2 Å². The molecular formula is C15H12BrN3OS. The molecule has 0 saturated heterocycles. The Morgan fingerprint density at radius 3 is 2.95 bits per heavy atom. The molecule has 1 amide bonds. The van der Waals surface area contributed by atoms with E-state index in [0.717, 1.165) is 10.2 Å². The zero-order valence-electron chi connectivity index (χ0n) is 11.2. The summed E-state index contributed by atoms with van der Waals surface area (Å²) in [5.74, 6) is -0.232. The average molecular weight is 362 g/mol. The topological polar surface area (TPSA) is 68.0 Å². The van der Waals surface area contributed by atoms with E-state index in [-0.39, 0.29) is 5.91 Å². The van der Waals surface area contributed by atoms with E-state index < -0.39 is 0 Å². The number of nitrogens with zero attached hydrogens (tertiary/aromatic N) is 1. The number of amides is 1. The fraction of sp³-hybridized carbons (Fsp3) is 0.0667. The SMILES string of the molecule is Cc1ccc2nc(NC(=O)c3cccc(N)c3Br)sc2c1. The van der Waals surface area contributed by atoms with Gasteiger partial charge in [0.15, 0.2) is 5.13 Å². The third kappa shape index (κ3) is 2.77. The Bertz CT molecular complexity index is 844. The van der Waals surface area contributed by atoms with Crippen molar-refractivity contribution in [3.63, 3.8) is 0 Å². The standard InChI is InChI=1S/C15H12BrN3OS/c1-8-5-6-11-12(7-8)21-15(18-11)19-14(20)9-3-2-4-10(17)13(9)16/h2-7H,17H2,1H3,(H,18,19,20). The van der Waals surface area contributed by atoms with Gasteiger partial charge in [-0.3, -0.25) is 10.1 Å². The molecule has 0 fully saturated rings. The minimum atomic E-state index is -0.232. The molecule has 106 valence electrons. The number of aryl methyl sites for hydroxylation is 1. The second-order valence-corrected chi connectivity index (χ2v) is 6.48. The number of carbonyl (C=O) groups is 1. The average Bonchev–Trinajstić information content (AvgIpc) is 2.83. The highest BCUT2D eigenvalue weighted by atomic mass is 79.9. The van der Waals surface area contributed by atoms with Gasteiger partial charge in [0.25, 0.3) is 5.91 Å². The zero-order chi connectivity index (χ0) is 15.0. The largest absolute Gasteiger partial charge is 0.398 e. The fourth-order valence-electron chi connectivity index (χ4n) is 1.97. The summed E-state index contributed by atoms with van der Waals surface area (Å²) >= 11 is 4.79. The highest BCUT2D eigenvalue weighted by molar-refractivity contribution is 9.10. The molecule has 0 aliphatic rings. The van der Waals surface area contributed by atoms with Crippen LogP contribution in [0.15, 0.2) is 40.9 Å². The third-order valence-corrected chi connectivity index (χ3v) is 4.86. The lowest BCUT2D eigenvalue weighted by Crippen LogP contribution is -2.12. The summed E-state index contributed by atoms with van der Waals surface area (Å²) in [6.45, 7) is 2.03. The van der Waals surface area contributed by atoms with Crippen LogP contribution < -0.4 is 11.1 Å². The van der Waals surface area contributed by atoms with Crippen LogP contribution in [0, 0.1) is 6.92 Å². The number of fused-ring (bicyclic) bond motifs is 1. The molecule has 0 aliphatic heterocycles. The van der Waals surface area contributed by atoms with E-state index in [4.69, 9.17) is 5.73 Å². The number of aromatic nitrogens is 1. The van der Waals surface area contributed by atoms with Gasteiger partial charge in [-0.1, -0.05) is 23.5 Å². The number of rotatable bonds is 2. The van der Waals surface area contributed by atoms with Crippen molar-refractivity contribution in [3.8, 4) is 0 Å². The maximum atomic E-state index is 12.3. The lowest BCUT2D eigenvalue weighted by atomic mass is 10.2. The minimum absolute atomic E-state index is 0.232. The third-order valence-electron chi connectivity index (χ3n) is 3.04. The Morgan fingerprint density at radius 1 is 1.33 bits per heavy atom. The first-order valence-corrected chi connectivity index (χ1v) is 7.88. The number of anilines is 2. The maximum absolute atomic E-state index is 12.3. The van der Waals surface area contributed by atoms with Crippen molar-refractivity contribution in [3.05, 3.63) is 52.0 Å². The predicted octanol–water partition coefficient (Wildman–Crippen LogP) is 4.20. The number of thiazole rings is 1. The Kier molecular flexibility index (Phi) is 3.65. The summed E-state index contributed by atoms with van der Waals surface area (Å²) in [5.41, 5.74) is 8.86. The molecule has 0 aliphatic carbocycles. The Balaban J connectivity index is 1.91. The van der Waals surface area contributed by atoms with Crippen molar-refractivity contribution in [2.75, 3.05) is 11.1 Å². The molecule has 0 bridgehead atoms. The van der Waals surface area contributed by atoms with E-state index in [9.17, 15) is 4.79 Å². The quantitative estimate of drug-likeness (QED) is 0.672. The van der Waals surface area contributed by atoms with Crippen LogP contribution in [-0.4, -0.2) is 10.9 Å². The summed E-state index contributed by atoms with van der Waals surface area (Å²) in [7, 11) is 0. The van der Waals surface area contributed by atoms with Crippen molar-refractivity contribution in [1.29, 1.82) is 0 Å². The number of nitrogen functional groups attached to an aromatic ring is 1. The molecule has 1 aromatic heterocycles. The van der Waals surface area contributed by atoms with Crippen LogP contribution in [0.2, 0.25) is 0 Å². The molecule has 0 unspecified atom stereocenters. The summed E-state index contributed by atoms with van der Waals surface area (Å²) in [5, 5.41) is 3.40. The molecule has 2 aromatic carbocycles. The smallest absolute Gasteiger partial charge is 0.258 e. The molecular weight excluding hydrogens is 350 g/mol. The predicted molar refractivity (Wildman–Crippen MR) is 90.9 cm³/mol. The van der Waals surface area contributed by atoms with E-state index in [1.807, 2.05) is 19.1 Å². The van der Waals surface area contributed by atoms with E-state index in [1.54, 1.807) is 18.2 Å². The number of nitrogens with two attached hydrogens (primary N) is 1. The molecule has 3 aromatic rings. The van der Waals surface area contributed by atoms with Crippen LogP contribution in [0.1, 0.15) is 15.9 Å². The number of benzene rings is 2. The molecule has 3 N–H and O–H groups in total. The number of hydrogen-bond donors (Lipinski definition) is 2. The van der Waals surface area contributed by atoms with E-state index in [0.29, 0.717) is 20.9 Å². The molecule has 0 spiro atoms. The minimum Gasteiger partial charge on any atom is -0.398 e. The van der Waals surface area contributed by atoms with E-state index in [2.05, 4.69) is 32.3 Å². The second kappa shape index (κ2) is 5.46. The van der Waals surface area contributed by atoms with Gasteiger partial charge in [-0.05, 0) is 52.7 Å². The van der Waals surface area contributed by atoms with Crippen LogP contribution in [0.25, 0.3) is 10.2 Å². The number of nitrogens with one attached hydrogen (secondary N) is 1. The maximum Gasteiger partial charge on any atom is 0.258 e. The fourth-order valence-corrected chi connectivity index (χ4v) is 3.38. The molecule has 0 radical (unpaired) electrons. The molecule has 0 atom stereocenters. The number of hydrogen-bond acceptors (Lipinski definition) is 4. The van der Waals surface area contributed by atoms with E-state index >= 15 is 0 Å². The highest BCUT2D eigenvalue weighted by Gasteiger charge is 2.14. The molecule has 21 heavy (non-hydrogen) atoms. The van der Waals surface area contributed by atoms with Gasteiger partial charge in [0.1, 0.15) is 0 Å². The van der Waals surface area contributed by atoms with Gasteiger partial charge in [0.2, 0.25) is 0 Å². The van der Waals surface area contributed by atoms with Gasteiger partial charge >= 0.3 is 0 Å². The Labute approximate surface area is 134 Å². The summed E-state index contributed by atoms with van der Waals surface area (Å²) < 4.78 is 1.65. The van der Waals surface area contributed by atoms with Crippen LogP contribution in [0.5, 0.6) is 0 Å².